The number of nitrogens with two attached hydrogens (primary N) is 1. The molecule has 0 aromatic carbocycles. The van der Waals surface area contributed by atoms with Crippen LogP contribution in [0.2, 0.25) is 0 Å². The molecule has 0 aromatic heterocycles. The third-order valence-electron chi connectivity index (χ3n) is 1.66. The Morgan fingerprint density at radius 2 is 2.42 bits per heavy atom. The number of hydrogen-bond donors (Lipinski definition) is 2. The molecule has 12 heavy (non-hydrogen) atoms. The van der Waals surface area contributed by atoms with Crippen LogP contribution in [0.4, 0.5) is 4.79 Å². The van der Waals surface area contributed by atoms with Gasteiger partial charge in [-0.25, -0.2) is 4.79 Å². The van der Waals surface area contributed by atoms with Crippen molar-refractivity contribution in [2.24, 2.45) is 16.6 Å². The Morgan fingerprint density at radius 3 is 2.92 bits per heavy atom. The molecule has 5 nitrogen and oxygen atoms in total. The summed E-state index contributed by atoms with van der Waals surface area (Å²) in [5.74, 6) is 0.646. The summed E-state index contributed by atoms with van der Waals surface area (Å²) in [4.78, 5) is 14.3. The molecule has 0 aliphatic heterocycles. The molecule has 5 heteroatoms. The maximum absolute atomic E-state index is 10.9. The predicted octanol–water partition coefficient (Wildman–Crippen LogP) is 0.0671. The highest BCUT2D eigenvalue weighted by Gasteiger charge is 2.21. The fourth-order valence-corrected chi connectivity index (χ4v) is 0.739. The summed E-state index contributed by atoms with van der Waals surface area (Å²) >= 11 is 0. The van der Waals surface area contributed by atoms with Crippen LogP contribution < -0.4 is 11.1 Å². The largest absolute Gasteiger partial charge is 0.468 e. The van der Waals surface area contributed by atoms with Gasteiger partial charge in [-0.2, -0.15) is 0 Å². The lowest BCUT2D eigenvalue weighted by Crippen LogP contribution is -2.26. The van der Waals surface area contributed by atoms with Crippen molar-refractivity contribution in [3.8, 4) is 0 Å². The summed E-state index contributed by atoms with van der Waals surface area (Å²) in [5.41, 5.74) is 5.16. The molecule has 1 rings (SSSR count). The van der Waals surface area contributed by atoms with E-state index in [2.05, 4.69) is 15.0 Å². The second-order valence-electron chi connectivity index (χ2n) is 2.78. The SMILES string of the molecule is CO/C(N)=N/C(=O)NCC1CC1. The van der Waals surface area contributed by atoms with E-state index in [-0.39, 0.29) is 6.02 Å². The molecule has 0 aromatic rings. The summed E-state index contributed by atoms with van der Waals surface area (Å²) in [6.07, 6.45) is 2.40. The number of hydrogen-bond acceptors (Lipinski definition) is 2. The first-order chi connectivity index (χ1) is 5.72. The van der Waals surface area contributed by atoms with Crippen LogP contribution in [0.5, 0.6) is 0 Å². The standard InChI is InChI=1S/C7H13N3O2/c1-12-6(8)10-7(11)9-4-5-2-3-5/h5H,2-4H2,1H3,(H3,8,9,10,11). The van der Waals surface area contributed by atoms with Gasteiger partial charge >= 0.3 is 6.03 Å². The average molecular weight is 171 g/mol. The number of urea groups is 1. The Bertz CT molecular complexity index is 199. The number of amidine groups is 1. The highest BCUT2D eigenvalue weighted by atomic mass is 16.5. The van der Waals surface area contributed by atoms with Crippen LogP contribution in [0.25, 0.3) is 0 Å². The van der Waals surface area contributed by atoms with Crippen LogP contribution in [0, 0.1) is 5.92 Å². The summed E-state index contributed by atoms with van der Waals surface area (Å²) < 4.78 is 4.51. The van der Waals surface area contributed by atoms with Crippen molar-refractivity contribution in [1.82, 2.24) is 5.32 Å². The molecule has 0 atom stereocenters. The van der Waals surface area contributed by atoms with E-state index >= 15 is 0 Å². The Kier molecular flexibility index (Phi) is 2.90. The van der Waals surface area contributed by atoms with Crippen LogP contribution in [-0.2, 0) is 4.74 Å². The van der Waals surface area contributed by atoms with Crippen LogP contribution in [0.15, 0.2) is 4.99 Å². The molecule has 0 radical (unpaired) electrons. The maximum Gasteiger partial charge on any atom is 0.345 e. The van der Waals surface area contributed by atoms with E-state index in [0.29, 0.717) is 12.5 Å². The minimum atomic E-state index is -0.429. The van der Waals surface area contributed by atoms with E-state index in [1.165, 1.54) is 20.0 Å². The number of aliphatic imine (C=N–C) groups is 1. The number of ether oxygens (including phenoxy) is 1. The van der Waals surface area contributed by atoms with Gasteiger partial charge in [0.05, 0.1) is 7.11 Å². The Hall–Kier alpha value is -1.26. The molecule has 0 bridgehead atoms. The number of methoxy groups -OCH3 is 1. The number of rotatable bonds is 2. The first kappa shape index (κ1) is 8.83. The topological polar surface area (TPSA) is 76.7 Å². The van der Waals surface area contributed by atoms with Gasteiger partial charge in [0.25, 0.3) is 6.02 Å². The fraction of sp³-hybridized carbons (Fsp3) is 0.714. The molecule has 0 unspecified atom stereocenters. The minimum absolute atomic E-state index is 0.108. The number of nitrogens with zero attached hydrogens (tertiary/aromatic N) is 1. The van der Waals surface area contributed by atoms with Gasteiger partial charge in [0.2, 0.25) is 0 Å². The lowest BCUT2D eigenvalue weighted by Gasteiger charge is -1.99. The minimum Gasteiger partial charge on any atom is -0.468 e. The highest BCUT2D eigenvalue weighted by Crippen LogP contribution is 2.27. The molecule has 3 N–H and O–H groups in total. The molecule has 2 amide bonds. The molecule has 0 heterocycles. The number of nitrogens with one attached hydrogen (secondary N) is 1. The van der Waals surface area contributed by atoms with E-state index in [4.69, 9.17) is 5.73 Å². The second-order valence-corrected chi connectivity index (χ2v) is 2.78. The highest BCUT2D eigenvalue weighted by molar-refractivity contribution is 5.88. The smallest absolute Gasteiger partial charge is 0.345 e. The zero-order valence-electron chi connectivity index (χ0n) is 7.04. The van der Waals surface area contributed by atoms with Crippen molar-refractivity contribution in [3.63, 3.8) is 0 Å². The predicted molar refractivity (Wildman–Crippen MR) is 44.8 cm³/mol. The molecular formula is C7H13N3O2. The first-order valence-electron chi connectivity index (χ1n) is 3.88. The van der Waals surface area contributed by atoms with E-state index in [1.807, 2.05) is 0 Å². The number of amides is 2. The quantitative estimate of drug-likeness (QED) is 0.456. The van der Waals surface area contributed by atoms with Crippen molar-refractivity contribution in [1.29, 1.82) is 0 Å². The third kappa shape index (κ3) is 3.23. The van der Waals surface area contributed by atoms with Gasteiger partial charge in [0, 0.05) is 6.54 Å². The summed E-state index contributed by atoms with van der Waals surface area (Å²) in [6, 6.07) is -0.537. The molecule has 0 spiro atoms. The lowest BCUT2D eigenvalue weighted by molar-refractivity contribution is 0.248. The van der Waals surface area contributed by atoms with Crippen molar-refractivity contribution in [2.75, 3.05) is 13.7 Å². The van der Waals surface area contributed by atoms with Crippen LogP contribution in [-0.4, -0.2) is 25.7 Å². The Labute approximate surface area is 71.0 Å². The average Bonchev–Trinajstić information content (AvgIpc) is 2.83. The normalized spacial score (nSPS) is 17.2. The third-order valence-corrected chi connectivity index (χ3v) is 1.66. The maximum atomic E-state index is 10.9. The molecule has 0 saturated heterocycles. The van der Waals surface area contributed by atoms with Crippen LogP contribution in [0.1, 0.15) is 12.8 Å². The van der Waals surface area contributed by atoms with Gasteiger partial charge in [0.15, 0.2) is 0 Å². The molecule has 1 aliphatic rings. The zero-order valence-corrected chi connectivity index (χ0v) is 7.04. The van der Waals surface area contributed by atoms with Gasteiger partial charge in [-0.1, -0.05) is 0 Å². The lowest BCUT2D eigenvalue weighted by atomic mass is 10.4. The molecule has 1 aliphatic carbocycles. The van der Waals surface area contributed by atoms with E-state index in [1.54, 1.807) is 0 Å². The molecule has 68 valence electrons. The van der Waals surface area contributed by atoms with Crippen molar-refractivity contribution < 1.29 is 9.53 Å². The summed E-state index contributed by atoms with van der Waals surface area (Å²) in [7, 11) is 1.37. The van der Waals surface area contributed by atoms with E-state index in [9.17, 15) is 4.79 Å². The van der Waals surface area contributed by atoms with Gasteiger partial charge in [-0.3, -0.25) is 0 Å². The van der Waals surface area contributed by atoms with Crippen molar-refractivity contribution >= 4 is 12.1 Å². The molecule has 1 saturated carbocycles. The van der Waals surface area contributed by atoms with Crippen molar-refractivity contribution in [2.45, 2.75) is 12.8 Å². The van der Waals surface area contributed by atoms with E-state index < -0.39 is 6.03 Å². The zero-order chi connectivity index (χ0) is 8.97. The molecule has 1 fully saturated rings. The number of carbonyl (C=O) groups is 1. The van der Waals surface area contributed by atoms with Gasteiger partial charge in [-0.15, -0.1) is 4.99 Å². The van der Waals surface area contributed by atoms with Gasteiger partial charge in [-0.05, 0) is 18.8 Å². The first-order valence-corrected chi connectivity index (χ1v) is 3.88. The monoisotopic (exact) mass is 171 g/mol. The van der Waals surface area contributed by atoms with Crippen molar-refractivity contribution in [3.05, 3.63) is 0 Å². The van der Waals surface area contributed by atoms with Crippen LogP contribution >= 0.6 is 0 Å². The second kappa shape index (κ2) is 3.94. The summed E-state index contributed by atoms with van der Waals surface area (Å²) in [5, 5.41) is 2.62. The summed E-state index contributed by atoms with van der Waals surface area (Å²) in [6.45, 7) is 0.694. The fourth-order valence-electron chi connectivity index (χ4n) is 0.739. The van der Waals surface area contributed by atoms with Gasteiger partial charge in [0.1, 0.15) is 0 Å². The Morgan fingerprint density at radius 1 is 1.75 bits per heavy atom. The number of carbonyl (C=O) groups excluding carboxylic acids is 1. The van der Waals surface area contributed by atoms with E-state index in [0.717, 1.165) is 0 Å². The van der Waals surface area contributed by atoms with Crippen LogP contribution in [0.3, 0.4) is 0 Å². The molecular weight excluding hydrogens is 158 g/mol. The Balaban J connectivity index is 2.17. The van der Waals surface area contributed by atoms with Gasteiger partial charge < -0.3 is 15.8 Å².